The fraction of sp³-hybridized carbons (Fsp3) is 0.167. The number of benzene rings is 1. The normalized spacial score (nSPS) is 14.8. The van der Waals surface area contributed by atoms with E-state index in [1.54, 1.807) is 18.5 Å². The van der Waals surface area contributed by atoms with Crippen LogP contribution in [0.2, 0.25) is 0 Å². The van der Waals surface area contributed by atoms with E-state index in [0.717, 1.165) is 10.8 Å². The number of aromatic nitrogens is 1. The predicted molar refractivity (Wildman–Crippen MR) is 57.4 cm³/mol. The molecule has 0 amide bonds. The van der Waals surface area contributed by atoms with E-state index in [9.17, 15) is 9.90 Å². The number of hydrogen-bond acceptors (Lipinski definition) is 3. The van der Waals surface area contributed by atoms with Crippen LogP contribution in [0.4, 0.5) is 0 Å². The number of rotatable bonds is 2. The third-order valence-electron chi connectivity index (χ3n) is 2.46. The molecule has 2 rings (SSSR count). The third-order valence-corrected chi connectivity index (χ3v) is 2.46. The second-order valence-corrected chi connectivity index (χ2v) is 3.67. The van der Waals surface area contributed by atoms with Gasteiger partial charge >= 0.3 is 0 Å². The first kappa shape index (κ1) is 9.80. The van der Waals surface area contributed by atoms with E-state index in [-0.39, 0.29) is 0 Å². The van der Waals surface area contributed by atoms with Crippen LogP contribution in [0.1, 0.15) is 12.5 Å². The summed E-state index contributed by atoms with van der Waals surface area (Å²) in [5.41, 5.74) is -0.870. The predicted octanol–water partition coefficient (Wildman–Crippen LogP) is 1.64. The number of hydrogen-bond donors (Lipinski definition) is 1. The highest BCUT2D eigenvalue weighted by molar-refractivity contribution is 5.88. The number of fused-ring (bicyclic) bond motifs is 1. The van der Waals surface area contributed by atoms with E-state index < -0.39 is 5.60 Å². The number of nitrogens with zero attached hydrogens (tertiary/aromatic N) is 1. The van der Waals surface area contributed by atoms with Gasteiger partial charge in [0, 0.05) is 17.8 Å². The molecule has 0 aliphatic rings. The SMILES string of the molecule is CC(O)(C=O)c1cccc2ccncc12. The van der Waals surface area contributed by atoms with Gasteiger partial charge in [-0.2, -0.15) is 0 Å². The summed E-state index contributed by atoms with van der Waals surface area (Å²) in [4.78, 5) is 14.8. The molecule has 76 valence electrons. The van der Waals surface area contributed by atoms with Crippen molar-refractivity contribution < 1.29 is 9.90 Å². The molecule has 1 unspecified atom stereocenters. The Morgan fingerprint density at radius 2 is 2.20 bits per heavy atom. The molecule has 3 heteroatoms. The number of aliphatic hydroxyl groups is 1. The topological polar surface area (TPSA) is 50.2 Å². The van der Waals surface area contributed by atoms with E-state index in [0.29, 0.717) is 11.8 Å². The Morgan fingerprint density at radius 3 is 2.93 bits per heavy atom. The van der Waals surface area contributed by atoms with Gasteiger partial charge < -0.3 is 5.11 Å². The number of carbonyl (C=O) groups is 1. The zero-order valence-corrected chi connectivity index (χ0v) is 8.34. The van der Waals surface area contributed by atoms with E-state index in [1.165, 1.54) is 6.92 Å². The number of aldehydes is 1. The molecule has 0 aliphatic heterocycles. The van der Waals surface area contributed by atoms with Gasteiger partial charge in [-0.3, -0.25) is 9.78 Å². The average molecular weight is 201 g/mol. The van der Waals surface area contributed by atoms with E-state index >= 15 is 0 Å². The summed E-state index contributed by atoms with van der Waals surface area (Å²) in [6, 6.07) is 7.31. The van der Waals surface area contributed by atoms with Crippen LogP contribution in [0.5, 0.6) is 0 Å². The lowest BCUT2D eigenvalue weighted by Gasteiger charge is -2.18. The molecule has 0 fully saturated rings. The van der Waals surface area contributed by atoms with Gasteiger partial charge in [-0.1, -0.05) is 18.2 Å². The molecule has 1 aromatic heterocycles. The average Bonchev–Trinajstić information content (AvgIpc) is 2.28. The third kappa shape index (κ3) is 1.62. The van der Waals surface area contributed by atoms with Gasteiger partial charge in [0.05, 0.1) is 0 Å². The molecular weight excluding hydrogens is 190 g/mol. The van der Waals surface area contributed by atoms with Crippen molar-refractivity contribution in [3.63, 3.8) is 0 Å². The zero-order chi connectivity index (χ0) is 10.9. The van der Waals surface area contributed by atoms with Crippen LogP contribution in [0.25, 0.3) is 10.8 Å². The summed E-state index contributed by atoms with van der Waals surface area (Å²) in [6.45, 7) is 1.47. The molecule has 15 heavy (non-hydrogen) atoms. The molecule has 1 heterocycles. The van der Waals surface area contributed by atoms with Crippen LogP contribution in [-0.4, -0.2) is 16.4 Å². The largest absolute Gasteiger partial charge is 0.378 e. The number of carbonyl (C=O) groups excluding carboxylic acids is 1. The van der Waals surface area contributed by atoms with Gasteiger partial charge in [-0.05, 0) is 23.9 Å². The van der Waals surface area contributed by atoms with Crippen LogP contribution in [0.15, 0.2) is 36.7 Å². The molecule has 0 spiro atoms. The lowest BCUT2D eigenvalue weighted by Crippen LogP contribution is -2.22. The van der Waals surface area contributed by atoms with Crippen molar-refractivity contribution in [1.29, 1.82) is 0 Å². The number of pyridine rings is 1. The van der Waals surface area contributed by atoms with Gasteiger partial charge in [-0.25, -0.2) is 0 Å². The van der Waals surface area contributed by atoms with Crippen LogP contribution in [-0.2, 0) is 10.4 Å². The van der Waals surface area contributed by atoms with Crippen molar-refractivity contribution in [2.45, 2.75) is 12.5 Å². The Kier molecular flexibility index (Phi) is 2.25. The Labute approximate surface area is 87.4 Å². The minimum absolute atomic E-state index is 0.536. The molecule has 0 saturated carbocycles. The minimum Gasteiger partial charge on any atom is -0.378 e. The van der Waals surface area contributed by atoms with Crippen molar-refractivity contribution >= 4 is 17.1 Å². The Balaban J connectivity index is 2.76. The first-order valence-electron chi connectivity index (χ1n) is 4.67. The monoisotopic (exact) mass is 201 g/mol. The van der Waals surface area contributed by atoms with Gasteiger partial charge in [0.25, 0.3) is 0 Å². The summed E-state index contributed by atoms with van der Waals surface area (Å²) in [5, 5.41) is 11.7. The maximum Gasteiger partial charge on any atom is 0.155 e. The molecule has 0 saturated heterocycles. The van der Waals surface area contributed by atoms with Crippen molar-refractivity contribution in [3.8, 4) is 0 Å². The second-order valence-electron chi connectivity index (χ2n) is 3.67. The summed E-state index contributed by atoms with van der Waals surface area (Å²) < 4.78 is 0. The maximum atomic E-state index is 10.8. The summed E-state index contributed by atoms with van der Waals surface area (Å²) in [6.07, 6.45) is 3.87. The summed E-state index contributed by atoms with van der Waals surface area (Å²) in [7, 11) is 0. The highest BCUT2D eigenvalue weighted by Gasteiger charge is 2.23. The van der Waals surface area contributed by atoms with Crippen molar-refractivity contribution in [1.82, 2.24) is 4.98 Å². The highest BCUT2D eigenvalue weighted by atomic mass is 16.3. The van der Waals surface area contributed by atoms with E-state index in [4.69, 9.17) is 0 Å². The summed E-state index contributed by atoms with van der Waals surface area (Å²) in [5.74, 6) is 0. The van der Waals surface area contributed by atoms with Gasteiger partial charge in [-0.15, -0.1) is 0 Å². The quantitative estimate of drug-likeness (QED) is 0.751. The van der Waals surface area contributed by atoms with E-state index in [1.807, 2.05) is 18.2 Å². The Morgan fingerprint density at radius 1 is 1.40 bits per heavy atom. The summed E-state index contributed by atoms with van der Waals surface area (Å²) >= 11 is 0. The first-order valence-corrected chi connectivity index (χ1v) is 4.67. The second kappa shape index (κ2) is 3.44. The van der Waals surface area contributed by atoms with Gasteiger partial charge in [0.15, 0.2) is 6.29 Å². The van der Waals surface area contributed by atoms with Crippen LogP contribution in [0, 0.1) is 0 Å². The molecule has 1 atom stereocenters. The van der Waals surface area contributed by atoms with Crippen LogP contribution in [0.3, 0.4) is 0 Å². The lowest BCUT2D eigenvalue weighted by atomic mass is 9.93. The van der Waals surface area contributed by atoms with Crippen molar-refractivity contribution in [2.24, 2.45) is 0 Å². The van der Waals surface area contributed by atoms with Crippen LogP contribution >= 0.6 is 0 Å². The molecule has 1 N–H and O–H groups in total. The molecule has 3 nitrogen and oxygen atoms in total. The molecule has 2 aromatic rings. The zero-order valence-electron chi connectivity index (χ0n) is 8.34. The molecule has 0 bridgehead atoms. The standard InChI is InChI=1S/C12H11NO2/c1-12(15,8-14)11-4-2-3-9-5-6-13-7-10(9)11/h2-8,15H,1H3. The molecule has 0 aliphatic carbocycles. The Hall–Kier alpha value is -1.74. The Bertz CT molecular complexity index is 500. The molecule has 1 aromatic carbocycles. The highest BCUT2D eigenvalue weighted by Crippen LogP contribution is 2.26. The first-order chi connectivity index (χ1) is 7.15. The fourth-order valence-electron chi connectivity index (χ4n) is 1.62. The van der Waals surface area contributed by atoms with Gasteiger partial charge in [0.1, 0.15) is 5.60 Å². The maximum absolute atomic E-state index is 10.8. The molecular formula is C12H11NO2. The lowest BCUT2D eigenvalue weighted by molar-refractivity contribution is -0.123. The van der Waals surface area contributed by atoms with E-state index in [2.05, 4.69) is 4.98 Å². The molecule has 0 radical (unpaired) electrons. The minimum atomic E-state index is -1.46. The van der Waals surface area contributed by atoms with Crippen molar-refractivity contribution in [3.05, 3.63) is 42.2 Å². The van der Waals surface area contributed by atoms with Gasteiger partial charge in [0.2, 0.25) is 0 Å². The fourth-order valence-corrected chi connectivity index (χ4v) is 1.62. The smallest absolute Gasteiger partial charge is 0.155 e. The van der Waals surface area contributed by atoms with Crippen molar-refractivity contribution in [2.75, 3.05) is 0 Å². The van der Waals surface area contributed by atoms with Crippen LogP contribution < -0.4 is 0 Å².